The number of carboxylic acid groups (broad SMARTS) is 1. The molecule has 1 aliphatic rings. The van der Waals surface area contributed by atoms with Gasteiger partial charge in [-0.05, 0) is 30.5 Å². The summed E-state index contributed by atoms with van der Waals surface area (Å²) in [5, 5.41) is 14.7. The number of hydrogen-bond donors (Lipinski definition) is 3. The second kappa shape index (κ2) is 7.94. The molecule has 1 aromatic carbocycles. The van der Waals surface area contributed by atoms with E-state index in [1.54, 1.807) is 41.8 Å². The number of aliphatic carboxylic acids is 1. The van der Waals surface area contributed by atoms with Crippen LogP contribution in [0.3, 0.4) is 0 Å². The Morgan fingerprint density at radius 1 is 1.11 bits per heavy atom. The molecule has 2 atom stereocenters. The number of allylic oxidation sites excluding steroid dienone is 2. The topological polar surface area (TPSA) is 109 Å². The summed E-state index contributed by atoms with van der Waals surface area (Å²) in [4.78, 5) is 36.1. The Labute approximate surface area is 164 Å². The number of halogens is 1. The average molecular weight is 405 g/mol. The van der Waals surface area contributed by atoms with E-state index >= 15 is 0 Å². The van der Waals surface area contributed by atoms with Gasteiger partial charge in [-0.2, -0.15) is 0 Å². The standard InChI is InChI=1S/C19H17ClN2O4S/c20-11-7-5-10(6-8-11)14-9-27-18(15(14)16(21)23)22-17(24)12-3-1-2-4-13(12)19(25)26/h1-2,5-9,12-13H,3-4H2,(H2,21,23)(H,22,24)(H,25,26). The summed E-state index contributed by atoms with van der Waals surface area (Å²) < 4.78 is 0. The molecule has 0 aliphatic heterocycles. The van der Waals surface area contributed by atoms with Gasteiger partial charge >= 0.3 is 5.97 Å². The molecule has 1 aliphatic carbocycles. The maximum Gasteiger partial charge on any atom is 0.307 e. The number of thiophene rings is 1. The fraction of sp³-hybridized carbons (Fsp3) is 0.211. The normalized spacial score (nSPS) is 18.9. The van der Waals surface area contributed by atoms with Crippen molar-refractivity contribution < 1.29 is 19.5 Å². The Morgan fingerprint density at radius 2 is 1.74 bits per heavy atom. The molecule has 0 saturated heterocycles. The van der Waals surface area contributed by atoms with Gasteiger partial charge in [-0.25, -0.2) is 0 Å². The fourth-order valence-electron chi connectivity index (χ4n) is 3.12. The number of amides is 2. The van der Waals surface area contributed by atoms with Gasteiger partial charge in [0.25, 0.3) is 5.91 Å². The molecule has 140 valence electrons. The van der Waals surface area contributed by atoms with E-state index in [0.717, 1.165) is 5.56 Å². The molecule has 2 unspecified atom stereocenters. The fourth-order valence-corrected chi connectivity index (χ4v) is 4.22. The van der Waals surface area contributed by atoms with Crippen LogP contribution in [0.15, 0.2) is 41.8 Å². The third-order valence-corrected chi connectivity index (χ3v) is 5.66. The molecule has 0 spiro atoms. The zero-order chi connectivity index (χ0) is 19.6. The number of benzene rings is 1. The first-order chi connectivity index (χ1) is 12.9. The first-order valence-corrected chi connectivity index (χ1v) is 9.50. The number of nitrogens with two attached hydrogens (primary N) is 1. The minimum atomic E-state index is -1.01. The molecular weight excluding hydrogens is 388 g/mol. The zero-order valence-corrected chi connectivity index (χ0v) is 15.7. The Hall–Kier alpha value is -2.64. The highest BCUT2D eigenvalue weighted by Gasteiger charge is 2.34. The number of nitrogens with one attached hydrogen (secondary N) is 1. The second-order valence-corrected chi connectivity index (χ2v) is 7.52. The number of anilines is 1. The lowest BCUT2D eigenvalue weighted by Crippen LogP contribution is -2.35. The van der Waals surface area contributed by atoms with Gasteiger partial charge in [0.05, 0.1) is 17.4 Å². The van der Waals surface area contributed by atoms with E-state index < -0.39 is 29.6 Å². The van der Waals surface area contributed by atoms with Crippen LogP contribution in [0, 0.1) is 11.8 Å². The summed E-state index contributed by atoms with van der Waals surface area (Å²) in [5.74, 6) is -3.60. The molecule has 2 aromatic rings. The van der Waals surface area contributed by atoms with Crippen molar-refractivity contribution in [3.8, 4) is 11.1 Å². The smallest absolute Gasteiger partial charge is 0.307 e. The van der Waals surface area contributed by atoms with E-state index in [1.807, 2.05) is 0 Å². The Bertz CT molecular complexity index is 920. The molecule has 6 nitrogen and oxygen atoms in total. The van der Waals surface area contributed by atoms with E-state index in [-0.39, 0.29) is 5.56 Å². The highest BCUT2D eigenvalue weighted by atomic mass is 35.5. The Balaban J connectivity index is 1.90. The summed E-state index contributed by atoms with van der Waals surface area (Å²) in [6.07, 6.45) is 4.20. The number of carbonyl (C=O) groups is 3. The van der Waals surface area contributed by atoms with Gasteiger partial charge in [0.15, 0.2) is 0 Å². The molecule has 1 aromatic heterocycles. The van der Waals surface area contributed by atoms with Crippen LogP contribution >= 0.6 is 22.9 Å². The number of hydrogen-bond acceptors (Lipinski definition) is 4. The van der Waals surface area contributed by atoms with Crippen molar-refractivity contribution in [2.24, 2.45) is 17.6 Å². The van der Waals surface area contributed by atoms with Gasteiger partial charge in [-0.1, -0.05) is 35.9 Å². The first-order valence-electron chi connectivity index (χ1n) is 8.24. The highest BCUT2D eigenvalue weighted by molar-refractivity contribution is 7.15. The van der Waals surface area contributed by atoms with E-state index in [4.69, 9.17) is 17.3 Å². The summed E-state index contributed by atoms with van der Waals surface area (Å²) in [7, 11) is 0. The quantitative estimate of drug-likeness (QED) is 0.659. The average Bonchev–Trinajstić information content (AvgIpc) is 3.06. The number of primary amides is 1. The van der Waals surface area contributed by atoms with Crippen molar-refractivity contribution in [2.45, 2.75) is 12.8 Å². The largest absolute Gasteiger partial charge is 0.481 e. The molecule has 0 bridgehead atoms. The molecule has 1 heterocycles. The van der Waals surface area contributed by atoms with Crippen LogP contribution in [0.5, 0.6) is 0 Å². The van der Waals surface area contributed by atoms with Gasteiger partial charge < -0.3 is 16.2 Å². The summed E-state index contributed by atoms with van der Waals surface area (Å²) in [5.41, 5.74) is 7.08. The van der Waals surface area contributed by atoms with Crippen LogP contribution in [0.4, 0.5) is 5.00 Å². The van der Waals surface area contributed by atoms with Crippen molar-refractivity contribution >= 4 is 45.7 Å². The number of carbonyl (C=O) groups excluding carboxylic acids is 2. The summed E-state index contributed by atoms with van der Waals surface area (Å²) in [6, 6.07) is 6.91. The molecule has 8 heteroatoms. The lowest BCUT2D eigenvalue weighted by molar-refractivity contribution is -0.146. The minimum absolute atomic E-state index is 0.203. The SMILES string of the molecule is NC(=O)c1c(-c2ccc(Cl)cc2)csc1NC(=O)C1CC=CCC1C(=O)O. The molecule has 27 heavy (non-hydrogen) atoms. The van der Waals surface area contributed by atoms with Crippen LogP contribution in [0.25, 0.3) is 11.1 Å². The third-order valence-electron chi connectivity index (χ3n) is 4.52. The third kappa shape index (κ3) is 4.04. The maximum absolute atomic E-state index is 12.7. The Morgan fingerprint density at radius 3 is 2.33 bits per heavy atom. The van der Waals surface area contributed by atoms with Gasteiger partial charge in [0.1, 0.15) is 5.00 Å². The van der Waals surface area contributed by atoms with Gasteiger partial charge in [-0.3, -0.25) is 14.4 Å². The molecule has 0 radical (unpaired) electrons. The molecule has 0 saturated carbocycles. The second-order valence-electron chi connectivity index (χ2n) is 6.21. The molecular formula is C19H17ClN2O4S. The first kappa shape index (κ1) is 19.1. The highest BCUT2D eigenvalue weighted by Crippen LogP contribution is 2.37. The predicted octanol–water partition coefficient (Wildman–Crippen LogP) is 3.77. The van der Waals surface area contributed by atoms with Crippen LogP contribution in [0.1, 0.15) is 23.2 Å². The van der Waals surface area contributed by atoms with Gasteiger partial charge in [0, 0.05) is 16.0 Å². The minimum Gasteiger partial charge on any atom is -0.481 e. The van der Waals surface area contributed by atoms with Crippen LogP contribution in [-0.4, -0.2) is 22.9 Å². The van der Waals surface area contributed by atoms with Gasteiger partial charge in [-0.15, -0.1) is 11.3 Å². The predicted molar refractivity (Wildman–Crippen MR) is 105 cm³/mol. The lowest BCUT2D eigenvalue weighted by atomic mass is 9.82. The maximum atomic E-state index is 12.7. The molecule has 3 rings (SSSR count). The van der Waals surface area contributed by atoms with Crippen molar-refractivity contribution in [2.75, 3.05) is 5.32 Å². The van der Waals surface area contributed by atoms with Crippen molar-refractivity contribution in [1.82, 2.24) is 0 Å². The zero-order valence-electron chi connectivity index (χ0n) is 14.1. The van der Waals surface area contributed by atoms with E-state index in [9.17, 15) is 19.5 Å². The van der Waals surface area contributed by atoms with Crippen molar-refractivity contribution in [1.29, 1.82) is 0 Å². The monoisotopic (exact) mass is 404 g/mol. The van der Waals surface area contributed by atoms with Crippen molar-refractivity contribution in [3.05, 3.63) is 52.4 Å². The van der Waals surface area contributed by atoms with Gasteiger partial charge in [0.2, 0.25) is 5.91 Å². The molecule has 4 N–H and O–H groups in total. The van der Waals surface area contributed by atoms with Crippen molar-refractivity contribution in [3.63, 3.8) is 0 Å². The van der Waals surface area contributed by atoms with E-state index in [0.29, 0.717) is 28.4 Å². The van der Waals surface area contributed by atoms with E-state index in [1.165, 1.54) is 11.3 Å². The number of rotatable bonds is 5. The van der Waals surface area contributed by atoms with Crippen LogP contribution < -0.4 is 11.1 Å². The molecule has 2 amide bonds. The summed E-state index contributed by atoms with van der Waals surface area (Å²) >= 11 is 7.08. The van der Waals surface area contributed by atoms with Crippen LogP contribution in [0.2, 0.25) is 5.02 Å². The summed E-state index contributed by atoms with van der Waals surface area (Å²) in [6.45, 7) is 0. The molecule has 0 fully saturated rings. The lowest BCUT2D eigenvalue weighted by Gasteiger charge is -2.24. The van der Waals surface area contributed by atoms with E-state index in [2.05, 4.69) is 5.32 Å². The number of carboxylic acids is 1. The van der Waals surface area contributed by atoms with Crippen LogP contribution in [-0.2, 0) is 9.59 Å². The Kier molecular flexibility index (Phi) is 5.62.